The number of halogens is 2. The Balaban J connectivity index is 0.00000180. The van der Waals surface area contributed by atoms with Gasteiger partial charge in [-0.3, -0.25) is 0 Å². The third-order valence-electron chi connectivity index (χ3n) is 2.47. The van der Waals surface area contributed by atoms with Crippen molar-refractivity contribution < 1.29 is 4.89 Å². The SMILES string of the molecule is Cc1ccccc1SP(O)(=S)c1ccc(Cl)cc1.Cl. The Morgan fingerprint density at radius 1 is 1.11 bits per heavy atom. The third-order valence-corrected chi connectivity index (χ3v) is 7.84. The van der Waals surface area contributed by atoms with Crippen molar-refractivity contribution in [1.29, 1.82) is 0 Å². The zero-order valence-electron chi connectivity index (χ0n) is 10.1. The normalized spacial score (nSPS) is 13.4. The first-order chi connectivity index (χ1) is 8.49. The first-order valence-corrected chi connectivity index (χ1v) is 9.89. The largest absolute Gasteiger partial charge is 0.354 e. The standard InChI is InChI=1S/C13H12ClOPS2.ClH/c1-10-4-2-3-5-13(10)18-16(15,17)12-8-6-11(14)7-9-12;/h2-9H,1H3,(H,15,17);1H. The second-order valence-electron chi connectivity index (χ2n) is 3.85. The van der Waals surface area contributed by atoms with Gasteiger partial charge in [-0.25, -0.2) is 0 Å². The van der Waals surface area contributed by atoms with Gasteiger partial charge < -0.3 is 4.89 Å². The lowest BCUT2D eigenvalue weighted by molar-refractivity contribution is 0.648. The van der Waals surface area contributed by atoms with E-state index in [1.165, 1.54) is 11.4 Å². The number of aryl methyl sites for hydroxylation is 1. The van der Waals surface area contributed by atoms with Crippen molar-refractivity contribution in [2.45, 2.75) is 11.8 Å². The van der Waals surface area contributed by atoms with E-state index in [-0.39, 0.29) is 12.4 Å². The predicted octanol–water partition coefficient (Wildman–Crippen LogP) is 4.79. The van der Waals surface area contributed by atoms with Gasteiger partial charge in [0.05, 0.1) is 0 Å². The summed E-state index contributed by atoms with van der Waals surface area (Å²) >= 11 is 12.6. The van der Waals surface area contributed by atoms with Crippen LogP contribution in [0.5, 0.6) is 0 Å². The highest BCUT2D eigenvalue weighted by atomic mass is 35.5. The van der Waals surface area contributed by atoms with E-state index < -0.39 is 5.47 Å². The highest BCUT2D eigenvalue weighted by molar-refractivity contribution is 8.71. The van der Waals surface area contributed by atoms with Crippen molar-refractivity contribution in [2.24, 2.45) is 0 Å². The van der Waals surface area contributed by atoms with E-state index in [0.717, 1.165) is 15.8 Å². The van der Waals surface area contributed by atoms with Crippen LogP contribution < -0.4 is 5.30 Å². The summed E-state index contributed by atoms with van der Waals surface area (Å²) in [5, 5.41) is 1.42. The minimum atomic E-state index is -2.62. The van der Waals surface area contributed by atoms with Crippen molar-refractivity contribution in [1.82, 2.24) is 0 Å². The average Bonchev–Trinajstić information content (AvgIpc) is 2.32. The molecule has 0 aliphatic carbocycles. The van der Waals surface area contributed by atoms with Gasteiger partial charge in [0.2, 0.25) is 0 Å². The Hall–Kier alpha value is -0.0200. The first-order valence-electron chi connectivity index (χ1n) is 5.33. The van der Waals surface area contributed by atoms with E-state index in [9.17, 15) is 4.89 Å². The summed E-state index contributed by atoms with van der Waals surface area (Å²) in [7, 11) is 0. The molecule has 0 bridgehead atoms. The molecule has 0 saturated carbocycles. The minimum Gasteiger partial charge on any atom is -0.354 e. The van der Waals surface area contributed by atoms with Gasteiger partial charge in [-0.15, -0.1) is 12.4 Å². The predicted molar refractivity (Wildman–Crippen MR) is 91.9 cm³/mol. The molecule has 0 amide bonds. The van der Waals surface area contributed by atoms with Crippen LogP contribution in [0.1, 0.15) is 5.56 Å². The Morgan fingerprint density at radius 3 is 2.26 bits per heavy atom. The van der Waals surface area contributed by atoms with Gasteiger partial charge in [-0.2, -0.15) is 0 Å². The number of rotatable bonds is 3. The van der Waals surface area contributed by atoms with Gasteiger partial charge in [0, 0.05) is 15.2 Å². The lowest BCUT2D eigenvalue weighted by Crippen LogP contribution is -2.00. The molecule has 0 aliphatic rings. The highest BCUT2D eigenvalue weighted by Crippen LogP contribution is 2.58. The molecule has 2 rings (SSSR count). The summed E-state index contributed by atoms with van der Waals surface area (Å²) in [4.78, 5) is 11.5. The molecule has 1 N–H and O–H groups in total. The van der Waals surface area contributed by atoms with Crippen LogP contribution in [-0.4, -0.2) is 4.89 Å². The molecule has 1 nitrogen and oxygen atoms in total. The van der Waals surface area contributed by atoms with Gasteiger partial charge in [-0.1, -0.05) is 53.0 Å². The molecule has 19 heavy (non-hydrogen) atoms. The maximum atomic E-state index is 10.5. The molecule has 0 saturated heterocycles. The zero-order chi connectivity index (χ0) is 13.2. The van der Waals surface area contributed by atoms with Crippen molar-refractivity contribution in [3.05, 3.63) is 59.1 Å². The average molecular weight is 351 g/mol. The number of hydrogen-bond acceptors (Lipinski definition) is 2. The van der Waals surface area contributed by atoms with Gasteiger partial charge in [0.25, 0.3) is 0 Å². The summed E-state index contributed by atoms with van der Waals surface area (Å²) in [6.07, 6.45) is 0. The van der Waals surface area contributed by atoms with Crippen molar-refractivity contribution >= 4 is 58.0 Å². The van der Waals surface area contributed by atoms with Crippen molar-refractivity contribution in [3.63, 3.8) is 0 Å². The molecule has 0 aromatic heterocycles. The minimum absolute atomic E-state index is 0. The van der Waals surface area contributed by atoms with Crippen molar-refractivity contribution in [2.75, 3.05) is 0 Å². The van der Waals surface area contributed by atoms with Crippen LogP contribution in [0.15, 0.2) is 53.4 Å². The van der Waals surface area contributed by atoms with Crippen LogP contribution in [-0.2, 0) is 11.8 Å². The summed E-state index contributed by atoms with van der Waals surface area (Å²) in [5.74, 6) is 0. The maximum Gasteiger partial charge on any atom is 0.150 e. The lowest BCUT2D eigenvalue weighted by atomic mass is 10.2. The second kappa shape index (κ2) is 7.12. The third kappa shape index (κ3) is 4.49. The summed E-state index contributed by atoms with van der Waals surface area (Å²) in [6.45, 7) is 2.01. The molecule has 102 valence electrons. The Kier molecular flexibility index (Phi) is 6.38. The number of hydrogen-bond donors (Lipinski definition) is 1. The molecule has 0 spiro atoms. The van der Waals surface area contributed by atoms with Gasteiger partial charge >= 0.3 is 0 Å². The second-order valence-corrected chi connectivity index (χ2v) is 10.9. The van der Waals surface area contributed by atoms with Crippen molar-refractivity contribution in [3.8, 4) is 0 Å². The Morgan fingerprint density at radius 2 is 1.68 bits per heavy atom. The smallest absolute Gasteiger partial charge is 0.150 e. The molecule has 0 radical (unpaired) electrons. The monoisotopic (exact) mass is 350 g/mol. The Bertz CT molecular complexity index is 602. The van der Waals surface area contributed by atoms with Crippen LogP contribution in [0.4, 0.5) is 0 Å². The van der Waals surface area contributed by atoms with Gasteiger partial charge in [0.15, 0.2) is 5.47 Å². The van der Waals surface area contributed by atoms with E-state index in [4.69, 9.17) is 23.4 Å². The molecule has 1 unspecified atom stereocenters. The molecule has 6 heteroatoms. The van der Waals surface area contributed by atoms with Gasteiger partial charge in [-0.05, 0) is 42.8 Å². The maximum absolute atomic E-state index is 10.5. The highest BCUT2D eigenvalue weighted by Gasteiger charge is 2.18. The summed E-state index contributed by atoms with van der Waals surface area (Å²) in [5.41, 5.74) is -1.50. The van der Waals surface area contributed by atoms with Crippen LogP contribution in [0, 0.1) is 6.92 Å². The fourth-order valence-electron chi connectivity index (χ4n) is 1.47. The molecule has 0 fully saturated rings. The molecular formula is C13H13Cl2OPS2. The topological polar surface area (TPSA) is 20.2 Å². The van der Waals surface area contributed by atoms with E-state index in [1.807, 2.05) is 31.2 Å². The Labute approximate surface area is 133 Å². The molecular weight excluding hydrogens is 338 g/mol. The van der Waals surface area contributed by atoms with E-state index in [2.05, 4.69) is 0 Å². The fourth-order valence-corrected chi connectivity index (χ4v) is 6.03. The lowest BCUT2D eigenvalue weighted by Gasteiger charge is -2.16. The van der Waals surface area contributed by atoms with E-state index >= 15 is 0 Å². The van der Waals surface area contributed by atoms with E-state index in [1.54, 1.807) is 24.3 Å². The fraction of sp³-hybridized carbons (Fsp3) is 0.0769. The summed E-state index contributed by atoms with van der Waals surface area (Å²) in [6, 6.07) is 15.0. The van der Waals surface area contributed by atoms with Crippen LogP contribution in [0.2, 0.25) is 5.02 Å². The van der Waals surface area contributed by atoms with E-state index in [0.29, 0.717) is 5.02 Å². The quantitative estimate of drug-likeness (QED) is 0.803. The molecule has 1 atom stereocenters. The summed E-state index contributed by atoms with van der Waals surface area (Å²) < 4.78 is 0. The van der Waals surface area contributed by atoms with Crippen LogP contribution in [0.3, 0.4) is 0 Å². The number of benzene rings is 2. The molecule has 2 aromatic rings. The zero-order valence-corrected chi connectivity index (χ0v) is 14.2. The molecule has 0 aliphatic heterocycles. The van der Waals surface area contributed by atoms with Crippen LogP contribution >= 0.6 is 40.9 Å². The molecule has 0 heterocycles. The first kappa shape index (κ1) is 17.0. The molecule has 2 aromatic carbocycles. The van der Waals surface area contributed by atoms with Crippen LogP contribution in [0.25, 0.3) is 0 Å². The van der Waals surface area contributed by atoms with Gasteiger partial charge in [0.1, 0.15) is 0 Å².